The molecule has 0 aromatic heterocycles. The summed E-state index contributed by atoms with van der Waals surface area (Å²) in [5.74, 6) is -0.169. The molecule has 0 aliphatic rings. The van der Waals surface area contributed by atoms with Gasteiger partial charge in [0.1, 0.15) is 0 Å². The van der Waals surface area contributed by atoms with Crippen molar-refractivity contribution >= 4 is 17.5 Å². The van der Waals surface area contributed by atoms with Crippen LogP contribution in [0.3, 0.4) is 0 Å². The number of carbonyl (C=O) groups excluding carboxylic acids is 2. The van der Waals surface area contributed by atoms with Crippen LogP contribution in [0.5, 0.6) is 0 Å². The van der Waals surface area contributed by atoms with Gasteiger partial charge < -0.3 is 16.0 Å². The monoisotopic (exact) mass is 249 g/mol. The second-order valence-electron chi connectivity index (χ2n) is 3.77. The number of nitrogens with one attached hydrogen (secondary N) is 3. The molecular weight excluding hydrogens is 230 g/mol. The molecule has 18 heavy (non-hydrogen) atoms. The second kappa shape index (κ2) is 8.11. The van der Waals surface area contributed by atoms with Crippen molar-refractivity contribution in [3.8, 4) is 0 Å². The zero-order valence-electron chi connectivity index (χ0n) is 10.5. The number of rotatable bonds is 7. The molecule has 5 nitrogen and oxygen atoms in total. The van der Waals surface area contributed by atoms with E-state index in [0.29, 0.717) is 19.5 Å². The van der Waals surface area contributed by atoms with Crippen LogP contribution in [0.2, 0.25) is 0 Å². The van der Waals surface area contributed by atoms with Gasteiger partial charge in [-0.05, 0) is 19.1 Å². The zero-order chi connectivity index (χ0) is 13.2. The Kier molecular flexibility index (Phi) is 6.32. The van der Waals surface area contributed by atoms with E-state index in [0.717, 1.165) is 5.69 Å². The minimum absolute atomic E-state index is 0.0474. The van der Waals surface area contributed by atoms with Gasteiger partial charge in [0.05, 0.1) is 6.54 Å². The number of para-hydroxylation sites is 1. The van der Waals surface area contributed by atoms with Crippen molar-refractivity contribution in [3.63, 3.8) is 0 Å². The van der Waals surface area contributed by atoms with Gasteiger partial charge in [-0.15, -0.1) is 0 Å². The van der Waals surface area contributed by atoms with E-state index < -0.39 is 0 Å². The van der Waals surface area contributed by atoms with Gasteiger partial charge in [-0.3, -0.25) is 9.59 Å². The Morgan fingerprint density at radius 3 is 2.44 bits per heavy atom. The normalized spacial score (nSPS) is 9.61. The highest BCUT2D eigenvalue weighted by Gasteiger charge is 2.02. The fourth-order valence-electron chi connectivity index (χ4n) is 1.40. The van der Waals surface area contributed by atoms with Crippen molar-refractivity contribution in [3.05, 3.63) is 30.3 Å². The van der Waals surface area contributed by atoms with E-state index in [-0.39, 0.29) is 18.4 Å². The van der Waals surface area contributed by atoms with Crippen LogP contribution in [0.1, 0.15) is 13.3 Å². The molecule has 0 heterocycles. The fourth-order valence-corrected chi connectivity index (χ4v) is 1.40. The lowest BCUT2D eigenvalue weighted by molar-refractivity contribution is -0.121. The Balaban J connectivity index is 2.13. The van der Waals surface area contributed by atoms with E-state index in [2.05, 4.69) is 16.0 Å². The first-order valence-corrected chi connectivity index (χ1v) is 6.04. The summed E-state index contributed by atoms with van der Waals surface area (Å²) in [7, 11) is 0. The fraction of sp³-hybridized carbons (Fsp3) is 0.385. The Morgan fingerprint density at radius 2 is 1.78 bits per heavy atom. The molecule has 0 atom stereocenters. The maximum absolute atomic E-state index is 11.5. The largest absolute Gasteiger partial charge is 0.376 e. The summed E-state index contributed by atoms with van der Waals surface area (Å²) in [6, 6.07) is 9.49. The minimum atomic E-state index is -0.122. The lowest BCUT2D eigenvalue weighted by Gasteiger charge is -2.07. The molecular formula is C13H19N3O2. The van der Waals surface area contributed by atoms with Crippen LogP contribution in [0.25, 0.3) is 0 Å². The molecule has 1 rings (SSSR count). The van der Waals surface area contributed by atoms with Gasteiger partial charge in [0.25, 0.3) is 0 Å². The van der Waals surface area contributed by atoms with Crippen LogP contribution in [0, 0.1) is 0 Å². The number of anilines is 1. The number of amides is 2. The second-order valence-corrected chi connectivity index (χ2v) is 3.77. The van der Waals surface area contributed by atoms with Gasteiger partial charge in [0.2, 0.25) is 11.8 Å². The first-order chi connectivity index (χ1) is 8.72. The highest BCUT2D eigenvalue weighted by atomic mass is 16.2. The van der Waals surface area contributed by atoms with Crippen LogP contribution >= 0.6 is 0 Å². The molecule has 0 spiro atoms. The summed E-state index contributed by atoms with van der Waals surface area (Å²) in [5.41, 5.74) is 0.899. The topological polar surface area (TPSA) is 70.2 Å². The molecule has 1 aromatic rings. The molecule has 0 aliphatic heterocycles. The highest BCUT2D eigenvalue weighted by Crippen LogP contribution is 2.03. The summed E-state index contributed by atoms with van der Waals surface area (Å²) >= 11 is 0. The van der Waals surface area contributed by atoms with Gasteiger partial charge in [0, 0.05) is 25.2 Å². The van der Waals surface area contributed by atoms with Gasteiger partial charge in [-0.25, -0.2) is 0 Å². The van der Waals surface area contributed by atoms with Gasteiger partial charge >= 0.3 is 0 Å². The van der Waals surface area contributed by atoms with E-state index in [9.17, 15) is 9.59 Å². The van der Waals surface area contributed by atoms with Crippen LogP contribution in [0.15, 0.2) is 30.3 Å². The van der Waals surface area contributed by atoms with Crippen molar-refractivity contribution in [1.82, 2.24) is 10.6 Å². The van der Waals surface area contributed by atoms with Crippen LogP contribution in [-0.2, 0) is 9.59 Å². The third-order valence-electron chi connectivity index (χ3n) is 2.28. The van der Waals surface area contributed by atoms with E-state index in [1.165, 1.54) is 0 Å². The van der Waals surface area contributed by atoms with E-state index in [1.807, 2.05) is 37.3 Å². The third kappa shape index (κ3) is 5.89. The molecule has 0 fully saturated rings. The number of benzene rings is 1. The van der Waals surface area contributed by atoms with Crippen LogP contribution in [0.4, 0.5) is 5.69 Å². The maximum Gasteiger partial charge on any atom is 0.239 e. The predicted octanol–water partition coefficient (Wildman–Crippen LogP) is 0.741. The Morgan fingerprint density at radius 1 is 1.06 bits per heavy atom. The van der Waals surface area contributed by atoms with Crippen molar-refractivity contribution in [2.75, 3.05) is 25.0 Å². The lowest BCUT2D eigenvalue weighted by atomic mass is 10.3. The average molecular weight is 249 g/mol. The summed E-state index contributed by atoms with van der Waals surface area (Å²) in [6.07, 6.45) is 0.310. The van der Waals surface area contributed by atoms with Crippen molar-refractivity contribution in [2.45, 2.75) is 13.3 Å². The molecule has 0 saturated carbocycles. The molecule has 5 heteroatoms. The summed E-state index contributed by atoms with van der Waals surface area (Å²) in [5, 5.41) is 8.35. The molecule has 3 N–H and O–H groups in total. The van der Waals surface area contributed by atoms with Gasteiger partial charge in [-0.1, -0.05) is 18.2 Å². The Hall–Kier alpha value is -2.04. The molecule has 1 aromatic carbocycles. The minimum Gasteiger partial charge on any atom is -0.376 e. The van der Waals surface area contributed by atoms with Crippen molar-refractivity contribution in [1.29, 1.82) is 0 Å². The van der Waals surface area contributed by atoms with Crippen LogP contribution in [-0.4, -0.2) is 31.4 Å². The van der Waals surface area contributed by atoms with Crippen molar-refractivity contribution < 1.29 is 9.59 Å². The van der Waals surface area contributed by atoms with E-state index >= 15 is 0 Å². The summed E-state index contributed by atoms with van der Waals surface area (Å²) in [4.78, 5) is 22.6. The molecule has 0 radical (unpaired) electrons. The average Bonchev–Trinajstić information content (AvgIpc) is 2.38. The van der Waals surface area contributed by atoms with Gasteiger partial charge in [0.15, 0.2) is 0 Å². The van der Waals surface area contributed by atoms with Crippen molar-refractivity contribution in [2.24, 2.45) is 0 Å². The smallest absolute Gasteiger partial charge is 0.239 e. The molecule has 0 bridgehead atoms. The third-order valence-corrected chi connectivity index (χ3v) is 2.28. The van der Waals surface area contributed by atoms with E-state index in [1.54, 1.807) is 0 Å². The SMILES string of the molecule is CCNC(=O)CCNC(=O)CNc1ccccc1. The Bertz CT molecular complexity index is 379. The molecule has 0 aliphatic carbocycles. The van der Waals surface area contributed by atoms with E-state index in [4.69, 9.17) is 0 Å². The maximum atomic E-state index is 11.5. The first-order valence-electron chi connectivity index (χ1n) is 6.04. The highest BCUT2D eigenvalue weighted by molar-refractivity contribution is 5.81. The first kappa shape index (κ1) is 14.0. The molecule has 98 valence electrons. The van der Waals surface area contributed by atoms with Crippen LogP contribution < -0.4 is 16.0 Å². The lowest BCUT2D eigenvalue weighted by Crippen LogP contribution is -2.33. The van der Waals surface area contributed by atoms with Gasteiger partial charge in [-0.2, -0.15) is 0 Å². The quantitative estimate of drug-likeness (QED) is 0.667. The molecule has 0 saturated heterocycles. The number of hydrogen-bond donors (Lipinski definition) is 3. The number of carbonyl (C=O) groups is 2. The molecule has 0 unspecified atom stereocenters. The summed E-state index contributed by atoms with van der Waals surface area (Å²) in [6.45, 7) is 3.04. The Labute approximate surface area is 107 Å². The number of hydrogen-bond acceptors (Lipinski definition) is 3. The summed E-state index contributed by atoms with van der Waals surface area (Å²) < 4.78 is 0. The zero-order valence-corrected chi connectivity index (χ0v) is 10.5. The predicted molar refractivity (Wildman–Crippen MR) is 71.2 cm³/mol. The standard InChI is InChI=1S/C13H19N3O2/c1-2-14-12(17)8-9-15-13(18)10-16-11-6-4-3-5-7-11/h3-7,16H,2,8-10H2,1H3,(H,14,17)(H,15,18). The molecule has 2 amide bonds.